The van der Waals surface area contributed by atoms with E-state index in [1.165, 1.54) is 6.20 Å². The molecule has 1 N–H and O–H groups in total. The van der Waals surface area contributed by atoms with Gasteiger partial charge in [0.05, 0.1) is 25.6 Å². The van der Waals surface area contributed by atoms with Crippen molar-refractivity contribution < 1.29 is 18.4 Å². The number of hydrogen-bond donors (Lipinski definition) is 1. The van der Waals surface area contributed by atoms with Crippen molar-refractivity contribution in [2.75, 3.05) is 13.1 Å². The summed E-state index contributed by atoms with van der Waals surface area (Å²) in [6, 6.07) is 13.1. The number of aromatic nitrogens is 1. The van der Waals surface area contributed by atoms with E-state index in [0.29, 0.717) is 30.4 Å². The van der Waals surface area contributed by atoms with Crippen molar-refractivity contribution in [3.8, 4) is 6.07 Å². The highest BCUT2D eigenvalue weighted by Crippen LogP contribution is 2.52. The molecule has 2 aliphatic rings. The number of rotatable bonds is 6. The lowest BCUT2D eigenvalue weighted by molar-refractivity contribution is -0.134. The summed E-state index contributed by atoms with van der Waals surface area (Å²) in [5.74, 6) is -4.49. The minimum atomic E-state index is -3.11. The second-order valence-corrected chi connectivity index (χ2v) is 8.20. The molecular weight excluding hydrogens is 402 g/mol. The predicted octanol–water partition coefficient (Wildman–Crippen LogP) is 2.94. The van der Waals surface area contributed by atoms with E-state index >= 15 is 0 Å². The van der Waals surface area contributed by atoms with E-state index < -0.39 is 42.8 Å². The third-order valence-corrected chi connectivity index (χ3v) is 5.93. The Morgan fingerprint density at radius 2 is 1.97 bits per heavy atom. The van der Waals surface area contributed by atoms with Crippen LogP contribution in [0, 0.1) is 17.2 Å². The average molecular weight is 424 g/mol. The second kappa shape index (κ2) is 8.06. The summed E-state index contributed by atoms with van der Waals surface area (Å²) in [5.41, 5.74) is 0.575. The van der Waals surface area contributed by atoms with Crippen molar-refractivity contribution in [2.24, 2.45) is 5.92 Å². The van der Waals surface area contributed by atoms with E-state index in [0.717, 1.165) is 10.5 Å². The fourth-order valence-electron chi connectivity index (χ4n) is 4.30. The number of benzene rings is 1. The van der Waals surface area contributed by atoms with Crippen LogP contribution in [-0.2, 0) is 11.2 Å². The second-order valence-electron chi connectivity index (χ2n) is 8.20. The van der Waals surface area contributed by atoms with Crippen LogP contribution in [0.5, 0.6) is 0 Å². The summed E-state index contributed by atoms with van der Waals surface area (Å²) < 4.78 is 28.2. The van der Waals surface area contributed by atoms with Gasteiger partial charge in [0.2, 0.25) is 5.91 Å². The Morgan fingerprint density at radius 3 is 2.65 bits per heavy atom. The molecule has 1 saturated carbocycles. The monoisotopic (exact) mass is 424 g/mol. The van der Waals surface area contributed by atoms with Crippen molar-refractivity contribution in [2.45, 2.75) is 37.1 Å². The molecule has 1 saturated heterocycles. The molecule has 0 unspecified atom stereocenters. The highest BCUT2D eigenvalue weighted by molar-refractivity contribution is 5.97. The summed E-state index contributed by atoms with van der Waals surface area (Å²) in [6.07, 6.45) is 4.23. The van der Waals surface area contributed by atoms with Crippen molar-refractivity contribution in [1.29, 1.82) is 5.26 Å². The van der Waals surface area contributed by atoms with E-state index in [2.05, 4.69) is 10.3 Å². The molecule has 0 spiro atoms. The van der Waals surface area contributed by atoms with Crippen molar-refractivity contribution in [3.05, 3.63) is 65.5 Å². The zero-order chi connectivity index (χ0) is 22.1. The maximum atomic E-state index is 14.1. The van der Waals surface area contributed by atoms with Crippen molar-refractivity contribution in [3.63, 3.8) is 0 Å². The number of carbonyl (C=O) groups excluding carboxylic acids is 2. The molecule has 0 radical (unpaired) electrons. The quantitative estimate of drug-likeness (QED) is 0.773. The zero-order valence-electron chi connectivity index (χ0n) is 16.9. The normalized spacial score (nSPS) is 22.0. The molecule has 1 atom stereocenters. The molecule has 2 amide bonds. The van der Waals surface area contributed by atoms with Crippen LogP contribution in [0.1, 0.15) is 40.7 Å². The van der Waals surface area contributed by atoms with Gasteiger partial charge in [-0.2, -0.15) is 5.26 Å². The number of nitrogens with one attached hydrogen (secondary N) is 1. The molecule has 4 rings (SSSR count). The standard InChI is InChI=1S/C23H22F2N4O2/c24-23(25)13-22(14-26,18-6-7-18)29(15-23)20(30)12-28-21(31)19-8-9-27-11-17(19)10-16-4-2-1-3-5-16/h1-5,8-9,11,18H,6-7,10,12-13,15H2,(H,28,31)/t22-/m0/s1. The predicted molar refractivity (Wildman–Crippen MR) is 108 cm³/mol. The molecule has 1 aromatic carbocycles. The summed E-state index contributed by atoms with van der Waals surface area (Å²) in [7, 11) is 0. The molecule has 2 aromatic rings. The Bertz CT molecular complexity index is 1030. The van der Waals surface area contributed by atoms with Crippen LogP contribution < -0.4 is 5.32 Å². The number of nitriles is 1. The van der Waals surface area contributed by atoms with Gasteiger partial charge in [0.15, 0.2) is 0 Å². The first kappa shape index (κ1) is 20.9. The first-order valence-corrected chi connectivity index (χ1v) is 10.2. The number of pyridine rings is 1. The van der Waals surface area contributed by atoms with Crippen LogP contribution in [0.3, 0.4) is 0 Å². The van der Waals surface area contributed by atoms with E-state index in [-0.39, 0.29) is 5.92 Å². The van der Waals surface area contributed by atoms with E-state index in [1.807, 2.05) is 36.4 Å². The van der Waals surface area contributed by atoms with Crippen LogP contribution in [0.15, 0.2) is 48.8 Å². The molecule has 1 aliphatic heterocycles. The topological polar surface area (TPSA) is 86.1 Å². The zero-order valence-corrected chi connectivity index (χ0v) is 16.9. The number of halogens is 2. The maximum absolute atomic E-state index is 14.1. The van der Waals surface area contributed by atoms with Crippen molar-refractivity contribution in [1.82, 2.24) is 15.2 Å². The molecule has 1 aliphatic carbocycles. The molecule has 2 heterocycles. The van der Waals surface area contributed by atoms with Gasteiger partial charge < -0.3 is 10.2 Å². The van der Waals surface area contributed by atoms with Gasteiger partial charge in [0.1, 0.15) is 5.54 Å². The molecule has 0 bridgehead atoms. The van der Waals surface area contributed by atoms with Crippen LogP contribution in [0.25, 0.3) is 0 Å². The third-order valence-electron chi connectivity index (χ3n) is 5.93. The first-order chi connectivity index (χ1) is 14.8. The highest BCUT2D eigenvalue weighted by Gasteiger charge is 2.62. The largest absolute Gasteiger partial charge is 0.343 e. The molecular formula is C23H22F2N4O2. The molecule has 2 fully saturated rings. The first-order valence-electron chi connectivity index (χ1n) is 10.2. The van der Waals surface area contributed by atoms with Gasteiger partial charge in [-0.3, -0.25) is 14.6 Å². The molecule has 8 heteroatoms. The van der Waals surface area contributed by atoms with E-state index in [1.54, 1.807) is 12.3 Å². The summed E-state index contributed by atoms with van der Waals surface area (Å²) in [6.45, 7) is -1.24. The van der Waals surface area contributed by atoms with Crippen LogP contribution in [0.4, 0.5) is 8.78 Å². The third kappa shape index (κ3) is 4.26. The lowest BCUT2D eigenvalue weighted by atomic mass is 9.91. The number of hydrogen-bond acceptors (Lipinski definition) is 4. The molecule has 160 valence electrons. The summed E-state index contributed by atoms with van der Waals surface area (Å²) in [5, 5.41) is 12.2. The average Bonchev–Trinajstić information content (AvgIpc) is 3.57. The van der Waals surface area contributed by atoms with Gasteiger partial charge >= 0.3 is 0 Å². The summed E-state index contributed by atoms with van der Waals surface area (Å²) >= 11 is 0. The molecule has 1 aromatic heterocycles. The van der Waals surface area contributed by atoms with Gasteiger partial charge in [0, 0.05) is 18.0 Å². The van der Waals surface area contributed by atoms with Gasteiger partial charge in [-0.1, -0.05) is 30.3 Å². The van der Waals surface area contributed by atoms with Gasteiger partial charge in [-0.05, 0) is 42.4 Å². The number of amides is 2. The van der Waals surface area contributed by atoms with Gasteiger partial charge in [-0.25, -0.2) is 8.78 Å². The Labute approximate surface area is 178 Å². The Hall–Kier alpha value is -3.34. The number of likely N-dealkylation sites (tertiary alicyclic amines) is 1. The fourth-order valence-corrected chi connectivity index (χ4v) is 4.30. The SMILES string of the molecule is N#C[C@]1(C2CC2)CC(F)(F)CN1C(=O)CNC(=O)c1ccncc1Cc1ccccc1. The number of carbonyl (C=O) groups is 2. The minimum absolute atomic E-state index is 0.233. The molecule has 6 nitrogen and oxygen atoms in total. The Morgan fingerprint density at radius 1 is 1.23 bits per heavy atom. The molecule has 31 heavy (non-hydrogen) atoms. The van der Waals surface area contributed by atoms with Gasteiger partial charge in [0.25, 0.3) is 11.8 Å². The maximum Gasteiger partial charge on any atom is 0.268 e. The number of nitrogens with zero attached hydrogens (tertiary/aromatic N) is 3. The van der Waals surface area contributed by atoms with Crippen LogP contribution >= 0.6 is 0 Å². The van der Waals surface area contributed by atoms with Crippen LogP contribution in [-0.4, -0.2) is 46.2 Å². The van der Waals surface area contributed by atoms with Crippen molar-refractivity contribution >= 4 is 11.8 Å². The minimum Gasteiger partial charge on any atom is -0.343 e. The van der Waals surface area contributed by atoms with E-state index in [4.69, 9.17) is 0 Å². The fraction of sp³-hybridized carbons (Fsp3) is 0.391. The smallest absolute Gasteiger partial charge is 0.268 e. The Balaban J connectivity index is 1.46. The highest BCUT2D eigenvalue weighted by atomic mass is 19.3. The van der Waals surface area contributed by atoms with Gasteiger partial charge in [-0.15, -0.1) is 0 Å². The Kier molecular flexibility index (Phi) is 5.44. The summed E-state index contributed by atoms with van der Waals surface area (Å²) in [4.78, 5) is 30.6. The lowest BCUT2D eigenvalue weighted by Crippen LogP contribution is -2.51. The number of alkyl halides is 2. The van der Waals surface area contributed by atoms with E-state index in [9.17, 15) is 23.6 Å². The lowest BCUT2D eigenvalue weighted by Gasteiger charge is -2.31. The van der Waals surface area contributed by atoms with Crippen LogP contribution in [0.2, 0.25) is 0 Å².